The lowest BCUT2D eigenvalue weighted by Crippen LogP contribution is -2.39. The Labute approximate surface area is 199 Å². The minimum absolute atomic E-state index is 0.0598. The highest BCUT2D eigenvalue weighted by Gasteiger charge is 2.57. The number of para-hydroxylation sites is 1. The third-order valence-corrected chi connectivity index (χ3v) is 6.43. The maximum absolute atomic E-state index is 13.8. The minimum atomic E-state index is -0.846. The fraction of sp³-hybridized carbons (Fsp3) is 0.0741. The van der Waals surface area contributed by atoms with Gasteiger partial charge in [-0.3, -0.25) is 24.7 Å². The van der Waals surface area contributed by atoms with Crippen LogP contribution in [-0.4, -0.2) is 28.5 Å². The number of carbonyl (C=O) groups is 2. The van der Waals surface area contributed by atoms with Crippen LogP contribution in [0.5, 0.6) is 0 Å². The van der Waals surface area contributed by atoms with Crippen molar-refractivity contribution in [3.63, 3.8) is 0 Å². The Balaban J connectivity index is 1.46. The second kappa shape index (κ2) is 7.88. The van der Waals surface area contributed by atoms with Crippen LogP contribution in [0, 0.1) is 16.0 Å². The van der Waals surface area contributed by atoms with Crippen LogP contribution in [0.3, 0.4) is 0 Å². The highest BCUT2D eigenvalue weighted by atomic mass is 16.6. The molecule has 8 heteroatoms. The highest BCUT2D eigenvalue weighted by Crippen LogP contribution is 2.40. The van der Waals surface area contributed by atoms with Crippen molar-refractivity contribution in [2.75, 3.05) is 9.91 Å². The number of anilines is 2. The maximum atomic E-state index is 13.8. The van der Waals surface area contributed by atoms with Gasteiger partial charge in [0, 0.05) is 12.1 Å². The summed E-state index contributed by atoms with van der Waals surface area (Å²) in [5.41, 5.74) is 2.10. The number of hydrazone groups is 1. The van der Waals surface area contributed by atoms with E-state index in [1.54, 1.807) is 23.2 Å². The zero-order valence-electron chi connectivity index (χ0n) is 18.3. The number of nitro benzene ring substituents is 1. The van der Waals surface area contributed by atoms with Crippen molar-refractivity contribution in [3.8, 4) is 0 Å². The van der Waals surface area contributed by atoms with Crippen LogP contribution >= 0.6 is 0 Å². The molecule has 1 fully saturated rings. The quantitative estimate of drug-likeness (QED) is 0.252. The molecule has 2 aliphatic rings. The number of rotatable bonds is 4. The monoisotopic (exact) mass is 462 g/mol. The summed E-state index contributed by atoms with van der Waals surface area (Å²) in [5.74, 6) is -1.57. The van der Waals surface area contributed by atoms with Gasteiger partial charge in [0.15, 0.2) is 0 Å². The lowest BCUT2D eigenvalue weighted by Gasteiger charge is -2.22. The molecule has 0 aliphatic carbocycles. The molecule has 0 spiro atoms. The molecule has 0 aromatic heterocycles. The van der Waals surface area contributed by atoms with Crippen LogP contribution in [0.4, 0.5) is 17.1 Å². The van der Waals surface area contributed by atoms with Crippen LogP contribution in [0.25, 0.3) is 10.8 Å². The molecule has 6 rings (SSSR count). The van der Waals surface area contributed by atoms with E-state index in [0.717, 1.165) is 10.8 Å². The number of nitrogens with zero attached hydrogens (tertiary/aromatic N) is 4. The zero-order chi connectivity index (χ0) is 24.1. The van der Waals surface area contributed by atoms with Crippen molar-refractivity contribution >= 4 is 45.4 Å². The predicted molar refractivity (Wildman–Crippen MR) is 132 cm³/mol. The highest BCUT2D eigenvalue weighted by molar-refractivity contribution is 6.34. The topological polar surface area (TPSA) is 96.1 Å². The molecule has 170 valence electrons. The van der Waals surface area contributed by atoms with Gasteiger partial charge >= 0.3 is 0 Å². The molecule has 2 amide bonds. The van der Waals surface area contributed by atoms with Gasteiger partial charge in [0.2, 0.25) is 5.91 Å². The normalized spacial score (nSPS) is 19.3. The van der Waals surface area contributed by atoms with Crippen LogP contribution in [0.1, 0.15) is 5.56 Å². The number of non-ortho nitro benzene ring substituents is 1. The summed E-state index contributed by atoms with van der Waals surface area (Å²) in [6, 6.07) is 27.5. The lowest BCUT2D eigenvalue weighted by atomic mass is 9.92. The number of carbonyl (C=O) groups excluding carboxylic acids is 2. The molecular formula is C27H18N4O4. The number of benzene rings is 4. The molecule has 0 bridgehead atoms. The summed E-state index contributed by atoms with van der Waals surface area (Å²) < 4.78 is 0. The average molecular weight is 462 g/mol. The fourth-order valence-corrected chi connectivity index (χ4v) is 4.77. The Kier molecular flexibility index (Phi) is 4.67. The Hall–Kier alpha value is -4.85. The van der Waals surface area contributed by atoms with Crippen LogP contribution in [-0.2, 0) is 9.59 Å². The third-order valence-electron chi connectivity index (χ3n) is 6.43. The first-order chi connectivity index (χ1) is 17.0. The average Bonchev–Trinajstić information content (AvgIpc) is 3.41. The minimum Gasteiger partial charge on any atom is -0.273 e. The molecule has 0 unspecified atom stereocenters. The smallest absolute Gasteiger partial charge is 0.269 e. The molecule has 8 nitrogen and oxygen atoms in total. The SMILES string of the molecule is O=C1[C@H]2C(c3ccc([N+](=O)[O-])cc3)=NN(c3ccccc3)[C@H]2C(=O)N1c1ccc2ccccc2c1. The number of hydrogen-bond donors (Lipinski definition) is 0. The van der Waals surface area contributed by atoms with Gasteiger partial charge in [0.25, 0.3) is 11.6 Å². The molecular weight excluding hydrogens is 444 g/mol. The number of fused-ring (bicyclic) bond motifs is 2. The fourth-order valence-electron chi connectivity index (χ4n) is 4.77. The first-order valence-corrected chi connectivity index (χ1v) is 11.1. The first-order valence-electron chi connectivity index (χ1n) is 11.1. The molecule has 4 aromatic carbocycles. The molecule has 2 atom stereocenters. The van der Waals surface area contributed by atoms with E-state index in [-0.39, 0.29) is 17.5 Å². The van der Waals surface area contributed by atoms with Gasteiger partial charge in [-0.25, -0.2) is 4.90 Å². The second-order valence-corrected chi connectivity index (χ2v) is 8.44. The number of amides is 2. The molecule has 2 heterocycles. The van der Waals surface area contributed by atoms with E-state index >= 15 is 0 Å². The van der Waals surface area contributed by atoms with Crippen LogP contribution in [0.15, 0.2) is 102 Å². The van der Waals surface area contributed by atoms with Gasteiger partial charge < -0.3 is 0 Å². The van der Waals surface area contributed by atoms with Crippen molar-refractivity contribution < 1.29 is 14.5 Å². The molecule has 0 saturated carbocycles. The van der Waals surface area contributed by atoms with E-state index in [9.17, 15) is 19.7 Å². The molecule has 0 N–H and O–H groups in total. The Morgan fingerprint density at radius 2 is 1.43 bits per heavy atom. The first kappa shape index (κ1) is 20.7. The summed E-state index contributed by atoms with van der Waals surface area (Å²) in [6.45, 7) is 0. The van der Waals surface area contributed by atoms with Gasteiger partial charge in [0.1, 0.15) is 12.0 Å². The standard InChI is InChI=1S/C27H18N4O4/c32-26-23-24(18-11-13-21(14-12-18)31(34)35)28-30(20-8-2-1-3-9-20)25(23)27(33)29(26)22-15-10-17-6-4-5-7-19(17)16-22/h1-16,23,25H/t23-,25+/m0/s1. The third kappa shape index (κ3) is 3.26. The van der Waals surface area contributed by atoms with Gasteiger partial charge in [-0.05, 0) is 52.7 Å². The Morgan fingerprint density at radius 3 is 2.14 bits per heavy atom. The van der Waals surface area contributed by atoms with Crippen molar-refractivity contribution in [2.45, 2.75) is 6.04 Å². The Morgan fingerprint density at radius 1 is 0.743 bits per heavy atom. The van der Waals surface area contributed by atoms with Crippen LogP contribution < -0.4 is 9.91 Å². The predicted octanol–water partition coefficient (Wildman–Crippen LogP) is 4.53. The van der Waals surface area contributed by atoms with Crippen molar-refractivity contribution in [1.29, 1.82) is 0 Å². The lowest BCUT2D eigenvalue weighted by molar-refractivity contribution is -0.384. The summed E-state index contributed by atoms with van der Waals surface area (Å²) in [5, 5.41) is 19.3. The number of nitro groups is 1. The molecule has 0 radical (unpaired) electrons. The van der Waals surface area contributed by atoms with Gasteiger partial charge in [-0.2, -0.15) is 5.10 Å². The van der Waals surface area contributed by atoms with Gasteiger partial charge in [-0.1, -0.05) is 48.5 Å². The van der Waals surface area contributed by atoms with E-state index in [1.807, 2.05) is 66.7 Å². The summed E-state index contributed by atoms with van der Waals surface area (Å²) in [7, 11) is 0. The summed E-state index contributed by atoms with van der Waals surface area (Å²) in [6.07, 6.45) is 0. The summed E-state index contributed by atoms with van der Waals surface area (Å²) in [4.78, 5) is 39.4. The van der Waals surface area contributed by atoms with Crippen molar-refractivity contribution in [1.82, 2.24) is 0 Å². The Bertz CT molecular complexity index is 1530. The molecule has 35 heavy (non-hydrogen) atoms. The van der Waals surface area contributed by atoms with E-state index in [2.05, 4.69) is 5.10 Å². The number of imide groups is 1. The van der Waals surface area contributed by atoms with E-state index in [0.29, 0.717) is 22.6 Å². The van der Waals surface area contributed by atoms with E-state index in [1.165, 1.54) is 17.0 Å². The maximum Gasteiger partial charge on any atom is 0.269 e. The van der Waals surface area contributed by atoms with Crippen molar-refractivity contribution in [3.05, 3.63) is 113 Å². The van der Waals surface area contributed by atoms with E-state index < -0.39 is 16.9 Å². The number of hydrogen-bond acceptors (Lipinski definition) is 6. The largest absolute Gasteiger partial charge is 0.273 e. The van der Waals surface area contributed by atoms with Crippen LogP contribution in [0.2, 0.25) is 0 Å². The van der Waals surface area contributed by atoms with Crippen molar-refractivity contribution in [2.24, 2.45) is 11.0 Å². The molecule has 1 saturated heterocycles. The van der Waals surface area contributed by atoms with Gasteiger partial charge in [0.05, 0.1) is 22.0 Å². The molecule has 2 aliphatic heterocycles. The van der Waals surface area contributed by atoms with Gasteiger partial charge in [-0.15, -0.1) is 0 Å². The van der Waals surface area contributed by atoms with E-state index in [4.69, 9.17) is 0 Å². The molecule has 4 aromatic rings. The zero-order valence-corrected chi connectivity index (χ0v) is 18.3. The summed E-state index contributed by atoms with van der Waals surface area (Å²) >= 11 is 0. The second-order valence-electron chi connectivity index (χ2n) is 8.44.